The molecule has 1 saturated carbocycles. The van der Waals surface area contributed by atoms with E-state index in [0.29, 0.717) is 11.5 Å². The molecule has 1 aliphatic rings. The van der Waals surface area contributed by atoms with Crippen LogP contribution in [0.1, 0.15) is 36.9 Å². The summed E-state index contributed by atoms with van der Waals surface area (Å²) >= 11 is 0. The van der Waals surface area contributed by atoms with E-state index >= 15 is 0 Å². The molecule has 130 valence electrons. The Balaban J connectivity index is 1.46. The molecule has 25 heavy (non-hydrogen) atoms. The molecule has 1 N–H and O–H groups in total. The van der Waals surface area contributed by atoms with Gasteiger partial charge in [-0.15, -0.1) is 10.2 Å². The van der Waals surface area contributed by atoms with Crippen LogP contribution in [0.25, 0.3) is 0 Å². The van der Waals surface area contributed by atoms with E-state index in [1.165, 1.54) is 0 Å². The van der Waals surface area contributed by atoms with Gasteiger partial charge in [0.15, 0.2) is 5.82 Å². The van der Waals surface area contributed by atoms with E-state index in [9.17, 15) is 9.59 Å². The quantitative estimate of drug-likeness (QED) is 0.819. The highest BCUT2D eigenvalue weighted by Gasteiger charge is 2.24. The number of nitrogens with one attached hydrogen (secondary N) is 1. The third kappa shape index (κ3) is 5.11. The number of benzene rings is 1. The van der Waals surface area contributed by atoms with Crippen LogP contribution in [0.15, 0.2) is 42.5 Å². The molecule has 6 nitrogen and oxygen atoms in total. The van der Waals surface area contributed by atoms with Crippen molar-refractivity contribution in [1.82, 2.24) is 10.2 Å². The highest BCUT2D eigenvalue weighted by Crippen LogP contribution is 2.25. The normalized spacial score (nSPS) is 14.2. The second-order valence-electron chi connectivity index (χ2n) is 6.21. The summed E-state index contributed by atoms with van der Waals surface area (Å²) in [6.07, 6.45) is 4.30. The number of ether oxygens (including phenoxy) is 1. The van der Waals surface area contributed by atoms with Crippen LogP contribution >= 0.6 is 0 Å². The molecule has 0 atom stereocenters. The number of hydrogen-bond donors (Lipinski definition) is 1. The molecule has 2 aromatic rings. The van der Waals surface area contributed by atoms with E-state index < -0.39 is 0 Å². The molecule has 0 radical (unpaired) electrons. The van der Waals surface area contributed by atoms with Gasteiger partial charge >= 0.3 is 5.97 Å². The number of aromatic nitrogens is 2. The number of carbonyl (C=O) groups is 2. The van der Waals surface area contributed by atoms with Gasteiger partial charge in [-0.05, 0) is 30.5 Å². The largest absolute Gasteiger partial charge is 0.459 e. The first-order valence-corrected chi connectivity index (χ1v) is 8.54. The lowest BCUT2D eigenvalue weighted by Crippen LogP contribution is -2.17. The second kappa shape index (κ2) is 8.37. The van der Waals surface area contributed by atoms with Crippen molar-refractivity contribution in [2.24, 2.45) is 5.92 Å². The van der Waals surface area contributed by atoms with Crippen LogP contribution in [-0.2, 0) is 27.4 Å². The van der Waals surface area contributed by atoms with E-state index in [1.807, 2.05) is 30.3 Å². The predicted molar refractivity (Wildman–Crippen MR) is 92.6 cm³/mol. The monoisotopic (exact) mass is 339 g/mol. The van der Waals surface area contributed by atoms with E-state index in [4.69, 9.17) is 4.74 Å². The summed E-state index contributed by atoms with van der Waals surface area (Å²) in [5, 5.41) is 10.7. The summed E-state index contributed by atoms with van der Waals surface area (Å²) < 4.78 is 5.28. The standard InChI is InChI=1S/C19H21N3O3/c23-18(12-14-6-2-1-3-7-14)20-17-11-10-16(21-22-17)13-25-19(24)15-8-4-5-9-15/h1-3,6-7,10-11,15H,4-5,8-9,12-13H2,(H,20,22,23). The summed E-state index contributed by atoms with van der Waals surface area (Å²) in [5.41, 5.74) is 1.50. The van der Waals surface area contributed by atoms with Gasteiger partial charge in [-0.3, -0.25) is 9.59 Å². The van der Waals surface area contributed by atoms with Crippen molar-refractivity contribution in [2.75, 3.05) is 5.32 Å². The van der Waals surface area contributed by atoms with E-state index in [1.54, 1.807) is 12.1 Å². The fourth-order valence-corrected chi connectivity index (χ4v) is 2.90. The highest BCUT2D eigenvalue weighted by molar-refractivity contribution is 5.91. The fraction of sp³-hybridized carbons (Fsp3) is 0.368. The Morgan fingerprint density at radius 1 is 1.04 bits per heavy atom. The van der Waals surface area contributed by atoms with Gasteiger partial charge in [-0.1, -0.05) is 43.2 Å². The minimum atomic E-state index is -0.153. The maximum Gasteiger partial charge on any atom is 0.309 e. The summed E-state index contributed by atoms with van der Waals surface area (Å²) in [7, 11) is 0. The van der Waals surface area contributed by atoms with Crippen molar-refractivity contribution in [3.8, 4) is 0 Å². The number of rotatable bonds is 6. The SMILES string of the molecule is O=C(Cc1ccccc1)Nc1ccc(COC(=O)C2CCCC2)nn1. The minimum Gasteiger partial charge on any atom is -0.459 e. The lowest BCUT2D eigenvalue weighted by atomic mass is 10.1. The zero-order valence-corrected chi connectivity index (χ0v) is 14.0. The number of amides is 1. The first-order valence-electron chi connectivity index (χ1n) is 8.54. The van der Waals surface area contributed by atoms with E-state index in [-0.39, 0.29) is 30.8 Å². The van der Waals surface area contributed by atoms with Crippen molar-refractivity contribution in [2.45, 2.75) is 38.7 Å². The molecule has 0 unspecified atom stereocenters. The molecule has 0 aliphatic heterocycles. The third-order valence-electron chi connectivity index (χ3n) is 4.25. The van der Waals surface area contributed by atoms with Crippen molar-refractivity contribution in [3.05, 3.63) is 53.7 Å². The molecular formula is C19H21N3O3. The summed E-state index contributed by atoms with van der Waals surface area (Å²) in [4.78, 5) is 23.9. The van der Waals surface area contributed by atoms with Crippen LogP contribution in [0, 0.1) is 5.92 Å². The van der Waals surface area contributed by atoms with Crippen molar-refractivity contribution < 1.29 is 14.3 Å². The minimum absolute atomic E-state index is 0.0320. The molecule has 1 aromatic carbocycles. The number of carbonyl (C=O) groups excluding carboxylic acids is 2. The molecule has 0 saturated heterocycles. The Bertz CT molecular complexity index is 710. The first-order chi connectivity index (χ1) is 12.2. The topological polar surface area (TPSA) is 81.2 Å². The van der Waals surface area contributed by atoms with Gasteiger partial charge in [0.2, 0.25) is 5.91 Å². The Hall–Kier alpha value is -2.76. The molecule has 1 amide bonds. The summed E-state index contributed by atoms with van der Waals surface area (Å²) in [6, 6.07) is 12.8. The van der Waals surface area contributed by atoms with Gasteiger partial charge in [-0.2, -0.15) is 0 Å². The van der Waals surface area contributed by atoms with Gasteiger partial charge < -0.3 is 10.1 Å². The summed E-state index contributed by atoms with van der Waals surface area (Å²) in [5.74, 6) is 0.108. The van der Waals surface area contributed by atoms with Crippen LogP contribution in [-0.4, -0.2) is 22.1 Å². The van der Waals surface area contributed by atoms with E-state index in [0.717, 1.165) is 31.2 Å². The Morgan fingerprint density at radius 2 is 1.80 bits per heavy atom. The zero-order chi connectivity index (χ0) is 17.5. The molecule has 0 spiro atoms. The Morgan fingerprint density at radius 3 is 2.48 bits per heavy atom. The average molecular weight is 339 g/mol. The van der Waals surface area contributed by atoms with Gasteiger partial charge in [0.1, 0.15) is 12.3 Å². The number of esters is 1. The third-order valence-corrected chi connectivity index (χ3v) is 4.25. The molecule has 1 heterocycles. The Kier molecular flexibility index (Phi) is 5.72. The van der Waals surface area contributed by atoms with Gasteiger partial charge in [-0.25, -0.2) is 0 Å². The lowest BCUT2D eigenvalue weighted by molar-refractivity contribution is -0.149. The van der Waals surface area contributed by atoms with E-state index in [2.05, 4.69) is 15.5 Å². The maximum atomic E-state index is 12.0. The number of hydrogen-bond acceptors (Lipinski definition) is 5. The average Bonchev–Trinajstić information content (AvgIpc) is 3.16. The van der Waals surface area contributed by atoms with Crippen LogP contribution < -0.4 is 5.32 Å². The van der Waals surface area contributed by atoms with Crippen LogP contribution in [0.4, 0.5) is 5.82 Å². The number of nitrogens with zero attached hydrogens (tertiary/aromatic N) is 2. The van der Waals surface area contributed by atoms with Crippen molar-refractivity contribution in [1.29, 1.82) is 0 Å². The molecule has 1 aliphatic carbocycles. The molecule has 3 rings (SSSR count). The Labute approximate surface area is 146 Å². The number of anilines is 1. The molecule has 6 heteroatoms. The van der Waals surface area contributed by atoms with Crippen LogP contribution in [0.5, 0.6) is 0 Å². The van der Waals surface area contributed by atoms with Gasteiger partial charge in [0.05, 0.1) is 12.3 Å². The smallest absolute Gasteiger partial charge is 0.309 e. The lowest BCUT2D eigenvalue weighted by Gasteiger charge is -2.09. The molecule has 1 aromatic heterocycles. The van der Waals surface area contributed by atoms with Crippen LogP contribution in [0.2, 0.25) is 0 Å². The fourth-order valence-electron chi connectivity index (χ4n) is 2.90. The maximum absolute atomic E-state index is 12.0. The van der Waals surface area contributed by atoms with Gasteiger partial charge in [0.25, 0.3) is 0 Å². The highest BCUT2D eigenvalue weighted by atomic mass is 16.5. The van der Waals surface area contributed by atoms with Gasteiger partial charge in [0, 0.05) is 0 Å². The first kappa shape index (κ1) is 17.1. The second-order valence-corrected chi connectivity index (χ2v) is 6.21. The molecular weight excluding hydrogens is 318 g/mol. The molecule has 1 fully saturated rings. The summed E-state index contributed by atoms with van der Waals surface area (Å²) in [6.45, 7) is 0.112. The van der Waals surface area contributed by atoms with Crippen molar-refractivity contribution >= 4 is 17.7 Å². The molecule has 0 bridgehead atoms. The van der Waals surface area contributed by atoms with Crippen LogP contribution in [0.3, 0.4) is 0 Å². The van der Waals surface area contributed by atoms with Crippen molar-refractivity contribution in [3.63, 3.8) is 0 Å². The predicted octanol–water partition coefficient (Wildman–Crippen LogP) is 2.89. The zero-order valence-electron chi connectivity index (χ0n) is 14.0.